The molecule has 130 valence electrons. The van der Waals surface area contributed by atoms with Crippen LogP contribution in [0.3, 0.4) is 0 Å². The lowest BCUT2D eigenvalue weighted by Crippen LogP contribution is -2.15. The van der Waals surface area contributed by atoms with Crippen molar-refractivity contribution in [2.45, 2.75) is 11.0 Å². The van der Waals surface area contributed by atoms with E-state index < -0.39 is 0 Å². The minimum atomic E-state index is 0.179. The van der Waals surface area contributed by atoms with E-state index in [1.165, 1.54) is 11.8 Å². The number of hydrogen-bond donors (Lipinski definition) is 1. The summed E-state index contributed by atoms with van der Waals surface area (Å²) >= 11 is 1.33. The predicted molar refractivity (Wildman–Crippen MR) is 94.4 cm³/mol. The normalized spacial score (nSPS) is 10.7. The number of methoxy groups -OCH3 is 1. The molecule has 9 nitrogen and oxygen atoms in total. The Morgan fingerprint density at radius 3 is 2.56 bits per heavy atom. The smallest absolute Gasteiger partial charge is 0.277 e. The van der Waals surface area contributed by atoms with Crippen molar-refractivity contribution < 1.29 is 9.15 Å². The number of nitrogens with zero attached hydrogens (tertiary/aromatic N) is 6. The van der Waals surface area contributed by atoms with Crippen molar-refractivity contribution in [3.05, 3.63) is 30.1 Å². The maximum absolute atomic E-state index is 5.71. The maximum atomic E-state index is 5.71. The Hall–Kier alpha value is -2.88. The van der Waals surface area contributed by atoms with Gasteiger partial charge in [0.25, 0.3) is 5.22 Å². The largest absolute Gasteiger partial charge is 0.497 e. The van der Waals surface area contributed by atoms with Gasteiger partial charge in [-0.05, 0) is 24.3 Å². The zero-order chi connectivity index (χ0) is 17.8. The zero-order valence-corrected chi connectivity index (χ0v) is 14.8. The summed E-state index contributed by atoms with van der Waals surface area (Å²) in [5, 5.41) is 8.51. The van der Waals surface area contributed by atoms with Gasteiger partial charge < -0.3 is 19.8 Å². The van der Waals surface area contributed by atoms with Crippen LogP contribution in [0.2, 0.25) is 0 Å². The summed E-state index contributed by atoms with van der Waals surface area (Å²) in [6, 6.07) is 7.39. The average molecular weight is 359 g/mol. The van der Waals surface area contributed by atoms with Crippen LogP contribution >= 0.6 is 11.8 Å². The van der Waals surface area contributed by atoms with Crippen LogP contribution in [0.25, 0.3) is 11.5 Å². The molecule has 0 saturated carbocycles. The molecule has 10 heteroatoms. The van der Waals surface area contributed by atoms with Crippen LogP contribution in [0.4, 0.5) is 11.9 Å². The van der Waals surface area contributed by atoms with Gasteiger partial charge in [0.1, 0.15) is 11.6 Å². The van der Waals surface area contributed by atoms with Crippen molar-refractivity contribution in [2.24, 2.45) is 0 Å². The van der Waals surface area contributed by atoms with Gasteiger partial charge in [-0.3, -0.25) is 0 Å². The van der Waals surface area contributed by atoms with Gasteiger partial charge in [0.2, 0.25) is 17.8 Å². The van der Waals surface area contributed by atoms with Gasteiger partial charge in [0.15, 0.2) is 0 Å². The topological polar surface area (TPSA) is 116 Å². The number of thioether (sulfide) groups is 1. The van der Waals surface area contributed by atoms with E-state index in [2.05, 4.69) is 25.1 Å². The predicted octanol–water partition coefficient (Wildman–Crippen LogP) is 1.87. The van der Waals surface area contributed by atoms with Crippen molar-refractivity contribution in [3.63, 3.8) is 0 Å². The summed E-state index contributed by atoms with van der Waals surface area (Å²) in [6.07, 6.45) is 0. The van der Waals surface area contributed by atoms with Crippen LogP contribution < -0.4 is 15.4 Å². The third kappa shape index (κ3) is 4.15. The molecule has 3 rings (SSSR count). The third-order valence-electron chi connectivity index (χ3n) is 3.16. The van der Waals surface area contributed by atoms with E-state index in [4.69, 9.17) is 14.9 Å². The molecule has 2 aromatic heterocycles. The summed E-state index contributed by atoms with van der Waals surface area (Å²) in [5.74, 6) is 2.88. The number of hydrogen-bond acceptors (Lipinski definition) is 10. The van der Waals surface area contributed by atoms with Crippen LogP contribution in [0.5, 0.6) is 5.75 Å². The highest BCUT2D eigenvalue weighted by atomic mass is 32.2. The Morgan fingerprint density at radius 2 is 1.88 bits per heavy atom. The lowest BCUT2D eigenvalue weighted by molar-refractivity contribution is 0.414. The van der Waals surface area contributed by atoms with E-state index >= 15 is 0 Å². The van der Waals surface area contributed by atoms with Gasteiger partial charge in [-0.15, -0.1) is 10.2 Å². The molecule has 0 fully saturated rings. The Morgan fingerprint density at radius 1 is 1.12 bits per heavy atom. The molecule has 1 aromatic carbocycles. The molecule has 0 bridgehead atoms. The lowest BCUT2D eigenvalue weighted by Gasteiger charge is -2.10. The second-order valence-corrected chi connectivity index (χ2v) is 6.12. The molecule has 3 aromatic rings. The van der Waals surface area contributed by atoms with Crippen molar-refractivity contribution in [1.29, 1.82) is 0 Å². The van der Waals surface area contributed by atoms with Crippen LogP contribution in [0.1, 0.15) is 5.82 Å². The Bertz CT molecular complexity index is 851. The zero-order valence-electron chi connectivity index (χ0n) is 14.0. The van der Waals surface area contributed by atoms with Gasteiger partial charge in [0, 0.05) is 19.7 Å². The van der Waals surface area contributed by atoms with E-state index in [0.29, 0.717) is 28.6 Å². The second kappa shape index (κ2) is 7.34. The summed E-state index contributed by atoms with van der Waals surface area (Å²) in [4.78, 5) is 14.3. The van der Waals surface area contributed by atoms with Crippen LogP contribution in [-0.4, -0.2) is 46.4 Å². The average Bonchev–Trinajstić information content (AvgIpc) is 3.08. The molecular weight excluding hydrogens is 342 g/mol. The first-order valence-corrected chi connectivity index (χ1v) is 8.32. The quantitative estimate of drug-likeness (QED) is 0.654. The molecule has 0 saturated heterocycles. The summed E-state index contributed by atoms with van der Waals surface area (Å²) in [6.45, 7) is 0. The number of anilines is 2. The molecule has 0 spiro atoms. The standard InChI is InChI=1S/C15H17N7O2S/c1-22(2)14-18-11(17-13(16)19-14)8-25-15-21-20-12(24-15)9-4-6-10(23-3)7-5-9/h4-7H,8H2,1-3H3,(H2,16,17,18,19). The van der Waals surface area contributed by atoms with Crippen molar-refractivity contribution in [1.82, 2.24) is 25.1 Å². The van der Waals surface area contributed by atoms with Crippen molar-refractivity contribution >= 4 is 23.7 Å². The number of nitrogens with two attached hydrogens (primary N) is 1. The number of benzene rings is 1. The molecule has 0 aliphatic carbocycles. The second-order valence-electron chi connectivity index (χ2n) is 5.19. The van der Waals surface area contributed by atoms with Gasteiger partial charge in [-0.25, -0.2) is 0 Å². The number of nitrogen functional groups attached to an aromatic ring is 1. The van der Waals surface area contributed by atoms with Gasteiger partial charge in [-0.2, -0.15) is 15.0 Å². The van der Waals surface area contributed by atoms with Gasteiger partial charge in [0.05, 0.1) is 12.9 Å². The van der Waals surface area contributed by atoms with Crippen LogP contribution in [0, 0.1) is 0 Å². The van der Waals surface area contributed by atoms with E-state index in [9.17, 15) is 0 Å². The Labute approximate surface area is 148 Å². The van der Waals surface area contributed by atoms with E-state index in [0.717, 1.165) is 11.3 Å². The maximum Gasteiger partial charge on any atom is 0.277 e. The minimum Gasteiger partial charge on any atom is -0.497 e. The molecule has 0 aliphatic rings. The number of ether oxygens (including phenoxy) is 1. The highest BCUT2D eigenvalue weighted by Gasteiger charge is 2.12. The van der Waals surface area contributed by atoms with Gasteiger partial charge >= 0.3 is 0 Å². The Balaban J connectivity index is 1.69. The fourth-order valence-electron chi connectivity index (χ4n) is 1.93. The highest BCUT2D eigenvalue weighted by Crippen LogP contribution is 2.26. The molecule has 25 heavy (non-hydrogen) atoms. The molecule has 0 radical (unpaired) electrons. The highest BCUT2D eigenvalue weighted by molar-refractivity contribution is 7.98. The number of aromatic nitrogens is 5. The molecule has 0 aliphatic heterocycles. The van der Waals surface area contributed by atoms with Crippen LogP contribution in [-0.2, 0) is 5.75 Å². The molecule has 2 heterocycles. The van der Waals surface area contributed by atoms with Crippen molar-refractivity contribution in [2.75, 3.05) is 31.8 Å². The molecule has 2 N–H and O–H groups in total. The van der Waals surface area contributed by atoms with E-state index in [1.807, 2.05) is 38.4 Å². The summed E-state index contributed by atoms with van der Waals surface area (Å²) in [5.41, 5.74) is 6.53. The monoisotopic (exact) mass is 359 g/mol. The SMILES string of the molecule is COc1ccc(-c2nnc(SCc3nc(N)nc(N(C)C)n3)o2)cc1. The lowest BCUT2D eigenvalue weighted by atomic mass is 10.2. The molecule has 0 unspecified atom stereocenters. The Kier molecular flexibility index (Phi) is 4.98. The minimum absolute atomic E-state index is 0.179. The first-order valence-electron chi connectivity index (χ1n) is 7.33. The van der Waals surface area contributed by atoms with E-state index in [1.54, 1.807) is 12.0 Å². The van der Waals surface area contributed by atoms with Gasteiger partial charge in [-0.1, -0.05) is 11.8 Å². The first-order chi connectivity index (χ1) is 12.0. The third-order valence-corrected chi connectivity index (χ3v) is 3.97. The van der Waals surface area contributed by atoms with Crippen molar-refractivity contribution in [3.8, 4) is 17.2 Å². The van der Waals surface area contributed by atoms with E-state index in [-0.39, 0.29) is 5.95 Å². The number of rotatable bonds is 6. The first kappa shape index (κ1) is 17.0. The fourth-order valence-corrected chi connectivity index (χ4v) is 2.55. The fraction of sp³-hybridized carbons (Fsp3) is 0.267. The molecular formula is C15H17N7O2S. The summed E-state index contributed by atoms with van der Waals surface area (Å²) in [7, 11) is 5.29. The summed E-state index contributed by atoms with van der Waals surface area (Å²) < 4.78 is 10.8. The molecule has 0 atom stereocenters. The van der Waals surface area contributed by atoms with Crippen LogP contribution in [0.15, 0.2) is 33.9 Å². The molecule has 0 amide bonds.